The van der Waals surface area contributed by atoms with Crippen LogP contribution in [0.25, 0.3) is 21.9 Å². The average molecular weight is 613 g/mol. The van der Waals surface area contributed by atoms with Gasteiger partial charge in [-0.1, -0.05) is 31.5 Å². The van der Waals surface area contributed by atoms with Crippen molar-refractivity contribution < 1.29 is 27.9 Å². The van der Waals surface area contributed by atoms with Crippen molar-refractivity contribution in [1.29, 1.82) is 0 Å². The number of benzene rings is 1. The third kappa shape index (κ3) is 8.08. The highest BCUT2D eigenvalue weighted by Crippen LogP contribution is 2.45. The van der Waals surface area contributed by atoms with Gasteiger partial charge in [-0.25, -0.2) is 14.5 Å². The molecule has 4 aromatic rings. The van der Waals surface area contributed by atoms with Crippen LogP contribution in [0.5, 0.6) is 5.75 Å². The number of nitrogens with zero attached hydrogens (tertiary/aromatic N) is 4. The molecule has 0 bridgehead atoms. The summed E-state index contributed by atoms with van der Waals surface area (Å²) in [5.74, 6) is 0.735. The van der Waals surface area contributed by atoms with E-state index in [1.807, 2.05) is 31.2 Å². The number of ether oxygens (including phenoxy) is 2. The van der Waals surface area contributed by atoms with E-state index in [1.54, 1.807) is 39.1 Å². The van der Waals surface area contributed by atoms with Crippen molar-refractivity contribution in [1.82, 2.24) is 24.6 Å². The normalized spacial score (nSPS) is 14.6. The fourth-order valence-corrected chi connectivity index (χ4v) is 6.35. The summed E-state index contributed by atoms with van der Waals surface area (Å²) >= 11 is 0. The van der Waals surface area contributed by atoms with Crippen LogP contribution in [0.1, 0.15) is 65.7 Å². The van der Waals surface area contributed by atoms with Crippen molar-refractivity contribution in [2.75, 3.05) is 18.9 Å². The molecule has 1 aromatic carbocycles. The minimum Gasteiger partial charge on any atom is -0.462 e. The molecule has 0 aliphatic carbocycles. The molecule has 0 aliphatic heterocycles. The molecule has 4 rings (SSSR count). The summed E-state index contributed by atoms with van der Waals surface area (Å²) in [4.78, 5) is 26.0. The summed E-state index contributed by atoms with van der Waals surface area (Å²) < 4.78 is 38.9. The van der Waals surface area contributed by atoms with Crippen LogP contribution in [-0.4, -0.2) is 50.8 Å². The van der Waals surface area contributed by atoms with E-state index in [2.05, 4.69) is 26.5 Å². The van der Waals surface area contributed by atoms with Crippen LogP contribution in [0.15, 0.2) is 48.8 Å². The van der Waals surface area contributed by atoms with Gasteiger partial charge in [-0.05, 0) is 58.7 Å². The topological polar surface area (TPSA) is 153 Å². The van der Waals surface area contributed by atoms with Crippen molar-refractivity contribution in [3.05, 3.63) is 54.6 Å². The Kier molecular flexibility index (Phi) is 11.1. The summed E-state index contributed by atoms with van der Waals surface area (Å²) in [6, 6.07) is 10.0. The number of para-hydroxylation sites is 1. The lowest BCUT2D eigenvalue weighted by Gasteiger charge is -2.25. The van der Waals surface area contributed by atoms with E-state index in [1.165, 1.54) is 6.20 Å². The first kappa shape index (κ1) is 32.3. The summed E-state index contributed by atoms with van der Waals surface area (Å²) in [7, 11) is -4.04. The molecule has 3 heterocycles. The lowest BCUT2D eigenvalue weighted by atomic mass is 10.1. The van der Waals surface area contributed by atoms with Gasteiger partial charge in [-0.2, -0.15) is 5.09 Å². The van der Waals surface area contributed by atoms with Crippen LogP contribution in [0, 0.1) is 0 Å². The fourth-order valence-electron chi connectivity index (χ4n) is 4.86. The molecule has 3 aromatic heterocycles. The first-order valence-electron chi connectivity index (χ1n) is 14.6. The van der Waals surface area contributed by atoms with Crippen LogP contribution < -0.4 is 15.3 Å². The zero-order chi connectivity index (χ0) is 31.0. The Labute approximate surface area is 251 Å². The predicted octanol–water partition coefficient (Wildman–Crippen LogP) is 5.96. The van der Waals surface area contributed by atoms with Gasteiger partial charge in [0, 0.05) is 24.2 Å². The Bertz CT molecular complexity index is 1560. The van der Waals surface area contributed by atoms with Gasteiger partial charge >= 0.3 is 13.7 Å². The largest absolute Gasteiger partial charge is 0.462 e. The number of imidazole rings is 1. The predicted molar refractivity (Wildman–Crippen MR) is 166 cm³/mol. The molecular formula is C30H41N6O6P. The zero-order valence-electron chi connectivity index (χ0n) is 25.4. The van der Waals surface area contributed by atoms with Crippen LogP contribution in [0.4, 0.5) is 5.82 Å². The van der Waals surface area contributed by atoms with Gasteiger partial charge in [0.1, 0.15) is 29.7 Å². The molecule has 0 saturated heterocycles. The van der Waals surface area contributed by atoms with Crippen LogP contribution >= 0.6 is 7.75 Å². The van der Waals surface area contributed by atoms with Gasteiger partial charge in [-0.15, -0.1) is 0 Å². The summed E-state index contributed by atoms with van der Waals surface area (Å²) in [5, 5.41) is 3.66. The van der Waals surface area contributed by atoms with E-state index >= 15 is 0 Å². The molecule has 13 heteroatoms. The van der Waals surface area contributed by atoms with Crippen molar-refractivity contribution in [2.45, 2.75) is 78.7 Å². The number of rotatable bonds is 16. The second-order valence-corrected chi connectivity index (χ2v) is 12.1. The Morgan fingerprint density at radius 3 is 2.58 bits per heavy atom. The smallest absolute Gasteiger partial charge is 0.459 e. The number of carbonyl (C=O) groups excluding carboxylic acids is 1. The van der Waals surface area contributed by atoms with E-state index < -0.39 is 19.8 Å². The maximum absolute atomic E-state index is 14.0. The van der Waals surface area contributed by atoms with Gasteiger partial charge in [0.15, 0.2) is 5.82 Å². The molecule has 0 radical (unpaired) electrons. The number of carbonyl (C=O) groups is 1. The highest BCUT2D eigenvalue weighted by Gasteiger charge is 2.33. The van der Waals surface area contributed by atoms with Crippen molar-refractivity contribution >= 4 is 41.5 Å². The average Bonchev–Trinajstić information content (AvgIpc) is 3.36. The monoisotopic (exact) mass is 612 g/mol. The Balaban J connectivity index is 1.65. The van der Waals surface area contributed by atoms with E-state index in [4.69, 9.17) is 29.2 Å². The minimum atomic E-state index is -4.04. The fraction of sp³-hybridized carbons (Fsp3) is 0.467. The van der Waals surface area contributed by atoms with Crippen molar-refractivity contribution in [3.63, 3.8) is 0 Å². The number of nitrogens with two attached hydrogens (primary N) is 1. The summed E-state index contributed by atoms with van der Waals surface area (Å²) in [6.45, 7) is 9.93. The van der Waals surface area contributed by atoms with E-state index in [-0.39, 0.29) is 24.5 Å². The lowest BCUT2D eigenvalue weighted by molar-refractivity contribution is -0.149. The highest BCUT2D eigenvalue weighted by atomic mass is 31.2. The molecule has 0 amide bonds. The summed E-state index contributed by atoms with van der Waals surface area (Å²) in [5.41, 5.74) is 8.63. The number of hydrogen-bond donors (Lipinski definition) is 2. The Hall–Kier alpha value is -3.57. The lowest BCUT2D eigenvalue weighted by Crippen LogP contribution is -2.36. The first-order valence-corrected chi connectivity index (χ1v) is 16.1. The molecule has 3 atom stereocenters. The number of hydrogen-bond acceptors (Lipinski definition) is 10. The second-order valence-electron chi connectivity index (χ2n) is 10.4. The molecule has 0 aliphatic rings. The van der Waals surface area contributed by atoms with Gasteiger partial charge in [0.2, 0.25) is 0 Å². The Morgan fingerprint density at radius 2 is 1.88 bits per heavy atom. The molecule has 0 unspecified atom stereocenters. The van der Waals surface area contributed by atoms with Gasteiger partial charge in [0.25, 0.3) is 0 Å². The van der Waals surface area contributed by atoms with Gasteiger partial charge < -0.3 is 24.3 Å². The minimum absolute atomic E-state index is 0.0490. The van der Waals surface area contributed by atoms with Gasteiger partial charge in [-0.3, -0.25) is 14.3 Å². The third-order valence-electron chi connectivity index (χ3n) is 6.68. The molecule has 43 heavy (non-hydrogen) atoms. The maximum Gasteiger partial charge on any atom is 0.459 e. The van der Waals surface area contributed by atoms with Crippen molar-refractivity contribution in [2.24, 2.45) is 0 Å². The zero-order valence-corrected chi connectivity index (χ0v) is 26.3. The quantitative estimate of drug-likeness (QED) is 0.114. The molecule has 0 fully saturated rings. The summed E-state index contributed by atoms with van der Waals surface area (Å²) in [6.07, 6.45) is 4.78. The van der Waals surface area contributed by atoms with Crippen LogP contribution in [-0.2, 0) is 30.0 Å². The number of nitrogen functional groups attached to an aromatic ring is 1. The molecule has 3 N–H and O–H groups in total. The number of aromatic nitrogens is 4. The molecule has 232 valence electrons. The number of anilines is 1. The Morgan fingerprint density at radius 1 is 1.09 bits per heavy atom. The molecule has 12 nitrogen and oxygen atoms in total. The molecular weight excluding hydrogens is 571 g/mol. The molecule has 0 spiro atoms. The SMILES string of the molecule is CCC[C@@H](CCO[P@](=O)(N[C@@H](C)C(=O)OC(C)C)Oc1cccnc1)n1c(COCC)nc2c(N)nc3ccccc3c21. The maximum atomic E-state index is 14.0. The molecule has 0 saturated carbocycles. The van der Waals surface area contributed by atoms with E-state index in [0.717, 1.165) is 35.1 Å². The highest BCUT2D eigenvalue weighted by molar-refractivity contribution is 7.52. The number of nitrogens with one attached hydrogen (secondary N) is 1. The number of esters is 1. The number of pyridine rings is 2. The van der Waals surface area contributed by atoms with Crippen LogP contribution in [0.3, 0.4) is 0 Å². The number of fused-ring (bicyclic) bond motifs is 3. The van der Waals surface area contributed by atoms with E-state index in [0.29, 0.717) is 31.0 Å². The van der Waals surface area contributed by atoms with Crippen molar-refractivity contribution in [3.8, 4) is 5.75 Å². The van der Waals surface area contributed by atoms with Gasteiger partial charge in [0.05, 0.1) is 29.9 Å². The first-order chi connectivity index (χ1) is 20.7. The second kappa shape index (κ2) is 14.7. The standard InChI is InChI=1S/C30H41N6O6P/c1-6-11-22(36-26(19-39-7-2)34-27-28(36)24-13-8-9-14-25(24)33-29(27)31)15-17-40-43(38,42-23-12-10-16-32-18-23)35-21(5)30(37)41-20(3)4/h8-10,12-14,16,18,20-22H,6-7,11,15,17,19H2,1-5H3,(H2,31,33)(H,35,38)/t21-,22-,43+/m0/s1. The third-order valence-corrected chi connectivity index (χ3v) is 8.36. The van der Waals surface area contributed by atoms with E-state index in [9.17, 15) is 9.36 Å². The van der Waals surface area contributed by atoms with Crippen LogP contribution in [0.2, 0.25) is 0 Å².